The number of aliphatic carboxylic acids is 1. The molecule has 1 aromatic rings. The SMILES string of the molecule is C/C(=C(/C)S(=O)(=O)NC(=O)NC(C)C(=O)O)c1ccccc1. The number of urea groups is 1. The van der Waals surface area contributed by atoms with Gasteiger partial charge in [0.1, 0.15) is 6.04 Å². The smallest absolute Gasteiger partial charge is 0.329 e. The topological polar surface area (TPSA) is 113 Å². The number of carbonyl (C=O) groups is 2. The fraction of sp³-hybridized carbons (Fsp3) is 0.286. The van der Waals surface area contributed by atoms with E-state index in [1.165, 1.54) is 13.8 Å². The van der Waals surface area contributed by atoms with Crippen LogP contribution in [0.1, 0.15) is 26.3 Å². The second-order valence-corrected chi connectivity index (χ2v) is 6.51. The number of hydrogen-bond acceptors (Lipinski definition) is 4. The summed E-state index contributed by atoms with van der Waals surface area (Å²) in [6.07, 6.45) is 0. The zero-order valence-corrected chi connectivity index (χ0v) is 13.3. The fourth-order valence-electron chi connectivity index (χ4n) is 1.58. The average molecular weight is 326 g/mol. The van der Waals surface area contributed by atoms with Crippen LogP contribution in [0.5, 0.6) is 0 Å². The first-order valence-electron chi connectivity index (χ1n) is 6.44. The summed E-state index contributed by atoms with van der Waals surface area (Å²) >= 11 is 0. The van der Waals surface area contributed by atoms with Crippen LogP contribution in [0.4, 0.5) is 4.79 Å². The van der Waals surface area contributed by atoms with Crippen LogP contribution in [0.25, 0.3) is 5.57 Å². The molecule has 1 atom stereocenters. The Hall–Kier alpha value is -2.35. The maximum Gasteiger partial charge on any atom is 0.329 e. The van der Waals surface area contributed by atoms with Crippen LogP contribution >= 0.6 is 0 Å². The molecule has 0 aromatic heterocycles. The number of carboxylic acids is 1. The Kier molecular flexibility index (Phi) is 5.69. The molecule has 22 heavy (non-hydrogen) atoms. The van der Waals surface area contributed by atoms with Gasteiger partial charge < -0.3 is 10.4 Å². The lowest BCUT2D eigenvalue weighted by molar-refractivity contribution is -0.138. The van der Waals surface area contributed by atoms with Crippen LogP contribution in [0.15, 0.2) is 35.2 Å². The van der Waals surface area contributed by atoms with Crippen molar-refractivity contribution in [3.63, 3.8) is 0 Å². The predicted molar refractivity (Wildman–Crippen MR) is 82.4 cm³/mol. The van der Waals surface area contributed by atoms with Crippen molar-refractivity contribution in [2.75, 3.05) is 0 Å². The Morgan fingerprint density at radius 3 is 2.18 bits per heavy atom. The second kappa shape index (κ2) is 7.08. The van der Waals surface area contributed by atoms with E-state index in [2.05, 4.69) is 0 Å². The van der Waals surface area contributed by atoms with Gasteiger partial charge >= 0.3 is 12.0 Å². The molecule has 120 valence electrons. The van der Waals surface area contributed by atoms with E-state index in [0.717, 1.165) is 0 Å². The third kappa shape index (κ3) is 4.59. The summed E-state index contributed by atoms with van der Waals surface area (Å²) in [6.45, 7) is 4.23. The summed E-state index contributed by atoms with van der Waals surface area (Å²) < 4.78 is 26.1. The largest absolute Gasteiger partial charge is 0.480 e. The third-order valence-electron chi connectivity index (χ3n) is 3.08. The molecule has 1 rings (SSSR count). The monoisotopic (exact) mass is 326 g/mol. The summed E-state index contributed by atoms with van der Waals surface area (Å²) in [5.41, 5.74) is 1.21. The molecule has 1 aromatic carbocycles. The zero-order valence-electron chi connectivity index (χ0n) is 12.5. The molecular weight excluding hydrogens is 308 g/mol. The molecule has 3 N–H and O–H groups in total. The molecule has 0 fully saturated rings. The van der Waals surface area contributed by atoms with Gasteiger partial charge in [-0.3, -0.25) is 4.79 Å². The Morgan fingerprint density at radius 2 is 1.68 bits per heavy atom. The van der Waals surface area contributed by atoms with Gasteiger partial charge in [-0.25, -0.2) is 17.9 Å². The standard InChI is InChI=1S/C14H18N2O5S/c1-9(12-7-5-4-6-8-12)11(3)22(20,21)16-14(19)15-10(2)13(17)18/h4-8,10H,1-3H3,(H,17,18)(H2,15,16,19)/b11-9+. The van der Waals surface area contributed by atoms with Crippen molar-refractivity contribution in [2.45, 2.75) is 26.8 Å². The number of rotatable bonds is 5. The molecule has 0 radical (unpaired) electrons. The van der Waals surface area contributed by atoms with E-state index in [4.69, 9.17) is 5.11 Å². The summed E-state index contributed by atoms with van der Waals surface area (Å²) in [6, 6.07) is 6.56. The highest BCUT2D eigenvalue weighted by Gasteiger charge is 2.22. The van der Waals surface area contributed by atoms with Crippen molar-refractivity contribution in [1.82, 2.24) is 10.0 Å². The van der Waals surface area contributed by atoms with E-state index in [1.807, 2.05) is 5.32 Å². The van der Waals surface area contributed by atoms with E-state index >= 15 is 0 Å². The molecule has 7 nitrogen and oxygen atoms in total. The number of hydrogen-bond donors (Lipinski definition) is 3. The van der Waals surface area contributed by atoms with Gasteiger partial charge in [0, 0.05) is 0 Å². The molecule has 1 unspecified atom stereocenters. The third-order valence-corrected chi connectivity index (χ3v) is 4.65. The highest BCUT2D eigenvalue weighted by atomic mass is 32.2. The maximum absolute atomic E-state index is 12.1. The van der Waals surface area contributed by atoms with Crippen LogP contribution in [0.3, 0.4) is 0 Å². The number of allylic oxidation sites excluding steroid dienone is 2. The van der Waals surface area contributed by atoms with Crippen molar-refractivity contribution >= 4 is 27.6 Å². The van der Waals surface area contributed by atoms with Gasteiger partial charge in [-0.1, -0.05) is 30.3 Å². The fourth-order valence-corrected chi connectivity index (χ4v) is 2.56. The Morgan fingerprint density at radius 1 is 1.14 bits per heavy atom. The first kappa shape index (κ1) is 17.7. The van der Waals surface area contributed by atoms with E-state index in [9.17, 15) is 18.0 Å². The van der Waals surface area contributed by atoms with Crippen LogP contribution in [-0.4, -0.2) is 31.6 Å². The molecule has 2 amide bonds. The second-order valence-electron chi connectivity index (χ2n) is 4.69. The first-order valence-corrected chi connectivity index (χ1v) is 7.92. The highest BCUT2D eigenvalue weighted by molar-refractivity contribution is 7.94. The van der Waals surface area contributed by atoms with Crippen LogP contribution in [0, 0.1) is 0 Å². The lowest BCUT2D eigenvalue weighted by Gasteiger charge is -2.13. The molecule has 0 saturated heterocycles. The quantitative estimate of drug-likeness (QED) is 0.759. The minimum absolute atomic E-state index is 0.0168. The van der Waals surface area contributed by atoms with Crippen molar-refractivity contribution in [3.05, 3.63) is 40.8 Å². The Balaban J connectivity index is 2.94. The summed E-state index contributed by atoms with van der Waals surface area (Å²) in [7, 11) is -4.05. The number of amides is 2. The van der Waals surface area contributed by atoms with Gasteiger partial charge in [0.25, 0.3) is 10.0 Å². The van der Waals surface area contributed by atoms with E-state index in [1.54, 1.807) is 42.0 Å². The zero-order chi connectivity index (χ0) is 16.9. The number of sulfonamides is 1. The van der Waals surface area contributed by atoms with Crippen LogP contribution < -0.4 is 10.0 Å². The lowest BCUT2D eigenvalue weighted by atomic mass is 10.1. The Labute approximate surface area is 129 Å². The number of benzene rings is 1. The minimum Gasteiger partial charge on any atom is -0.480 e. The minimum atomic E-state index is -4.05. The van der Waals surface area contributed by atoms with E-state index < -0.39 is 28.1 Å². The molecule has 0 spiro atoms. The van der Waals surface area contributed by atoms with Gasteiger partial charge in [0.2, 0.25) is 0 Å². The molecule has 0 aliphatic rings. The maximum atomic E-state index is 12.1. The number of carboxylic acid groups (broad SMARTS) is 1. The molecule has 0 aliphatic carbocycles. The highest BCUT2D eigenvalue weighted by Crippen LogP contribution is 2.20. The summed E-state index contributed by atoms with van der Waals surface area (Å²) in [5, 5.41) is 10.7. The van der Waals surface area contributed by atoms with Crippen molar-refractivity contribution < 1.29 is 23.1 Å². The van der Waals surface area contributed by atoms with Gasteiger partial charge in [0.15, 0.2) is 0 Å². The van der Waals surface area contributed by atoms with E-state index in [0.29, 0.717) is 11.1 Å². The average Bonchev–Trinajstić information content (AvgIpc) is 2.45. The number of carbonyl (C=O) groups excluding carboxylic acids is 1. The molecule has 0 bridgehead atoms. The van der Waals surface area contributed by atoms with Gasteiger partial charge in [-0.15, -0.1) is 0 Å². The summed E-state index contributed by atoms with van der Waals surface area (Å²) in [5.74, 6) is -1.26. The van der Waals surface area contributed by atoms with Crippen LogP contribution in [0.2, 0.25) is 0 Å². The first-order chi connectivity index (χ1) is 10.1. The summed E-state index contributed by atoms with van der Waals surface area (Å²) in [4.78, 5) is 22.2. The molecule has 0 aliphatic heterocycles. The normalized spacial score (nSPS) is 13.8. The van der Waals surface area contributed by atoms with Crippen molar-refractivity contribution in [3.8, 4) is 0 Å². The lowest BCUT2D eigenvalue weighted by Crippen LogP contribution is -2.46. The van der Waals surface area contributed by atoms with Gasteiger partial charge in [0.05, 0.1) is 4.91 Å². The van der Waals surface area contributed by atoms with Gasteiger partial charge in [-0.2, -0.15) is 0 Å². The molecule has 8 heteroatoms. The molecule has 0 saturated carbocycles. The number of nitrogens with one attached hydrogen (secondary N) is 2. The molecular formula is C14H18N2O5S. The van der Waals surface area contributed by atoms with E-state index in [-0.39, 0.29) is 4.91 Å². The Bertz CT molecular complexity index is 695. The van der Waals surface area contributed by atoms with Crippen molar-refractivity contribution in [2.24, 2.45) is 0 Å². The van der Waals surface area contributed by atoms with Gasteiger partial charge in [-0.05, 0) is 31.9 Å². The van der Waals surface area contributed by atoms with Crippen molar-refractivity contribution in [1.29, 1.82) is 0 Å². The van der Waals surface area contributed by atoms with Crippen LogP contribution in [-0.2, 0) is 14.8 Å². The predicted octanol–water partition coefficient (Wildman–Crippen LogP) is 1.54. The molecule has 0 heterocycles.